The minimum atomic E-state index is -0.366. The molecule has 4 nitrogen and oxygen atoms in total. The van der Waals surface area contributed by atoms with E-state index in [0.717, 1.165) is 24.3 Å². The average molecular weight is 282 g/mol. The molecule has 0 aromatic heterocycles. The molecule has 0 saturated heterocycles. The van der Waals surface area contributed by atoms with Crippen molar-refractivity contribution in [1.82, 2.24) is 5.32 Å². The van der Waals surface area contributed by atoms with Gasteiger partial charge in [0.1, 0.15) is 0 Å². The maximum Gasteiger partial charge on any atom is 0.269 e. The molecule has 0 aliphatic carbocycles. The molecule has 2 atom stereocenters. The Morgan fingerprint density at radius 1 is 1.32 bits per heavy atom. The van der Waals surface area contributed by atoms with Crippen molar-refractivity contribution in [3.63, 3.8) is 0 Å². The summed E-state index contributed by atoms with van der Waals surface area (Å²) in [5.74, 6) is 0. The second kappa shape index (κ2) is 8.17. The van der Waals surface area contributed by atoms with Crippen LogP contribution in [0.25, 0.3) is 0 Å². The molecule has 0 bridgehead atoms. The Balaban J connectivity index is 2.59. The standard InChI is InChI=1S/C14H22N2O2S/c1-4-10-15-14(5-2)11(3)19-13-8-6-12(7-9-13)16(17)18/h6-9,11,14-15H,4-5,10H2,1-3H3. The molecule has 0 saturated carbocycles. The molecule has 1 aromatic carbocycles. The second-order valence-corrected chi connectivity index (χ2v) is 5.99. The summed E-state index contributed by atoms with van der Waals surface area (Å²) in [6, 6.07) is 7.25. The highest BCUT2D eigenvalue weighted by Crippen LogP contribution is 2.27. The monoisotopic (exact) mass is 282 g/mol. The third-order valence-corrected chi connectivity index (χ3v) is 4.28. The maximum absolute atomic E-state index is 10.6. The lowest BCUT2D eigenvalue weighted by Crippen LogP contribution is -2.36. The lowest BCUT2D eigenvalue weighted by Gasteiger charge is -2.23. The van der Waals surface area contributed by atoms with Crippen molar-refractivity contribution < 1.29 is 4.92 Å². The van der Waals surface area contributed by atoms with Crippen molar-refractivity contribution in [3.05, 3.63) is 34.4 Å². The minimum Gasteiger partial charge on any atom is -0.313 e. The molecule has 0 fully saturated rings. The Labute approximate surface area is 119 Å². The number of benzene rings is 1. The van der Waals surface area contributed by atoms with Gasteiger partial charge >= 0.3 is 0 Å². The number of non-ortho nitro benzene ring substituents is 1. The van der Waals surface area contributed by atoms with Crippen LogP contribution in [0.15, 0.2) is 29.2 Å². The lowest BCUT2D eigenvalue weighted by atomic mass is 10.1. The second-order valence-electron chi connectivity index (χ2n) is 4.54. The first-order valence-corrected chi connectivity index (χ1v) is 7.60. The van der Waals surface area contributed by atoms with Crippen LogP contribution in [0.4, 0.5) is 5.69 Å². The summed E-state index contributed by atoms with van der Waals surface area (Å²) in [6.07, 6.45) is 2.21. The Morgan fingerprint density at radius 2 is 1.95 bits per heavy atom. The third kappa shape index (κ3) is 5.20. The number of rotatable bonds is 8. The van der Waals surface area contributed by atoms with E-state index in [-0.39, 0.29) is 10.6 Å². The number of nitrogens with one attached hydrogen (secondary N) is 1. The highest BCUT2D eigenvalue weighted by molar-refractivity contribution is 8.00. The van der Waals surface area contributed by atoms with E-state index in [4.69, 9.17) is 0 Å². The van der Waals surface area contributed by atoms with Gasteiger partial charge < -0.3 is 5.32 Å². The van der Waals surface area contributed by atoms with E-state index < -0.39 is 0 Å². The predicted octanol–water partition coefficient (Wildman–Crippen LogP) is 3.85. The molecule has 2 unspecified atom stereocenters. The van der Waals surface area contributed by atoms with Crippen molar-refractivity contribution in [2.45, 2.75) is 49.8 Å². The van der Waals surface area contributed by atoms with Crippen LogP contribution >= 0.6 is 11.8 Å². The summed E-state index contributed by atoms with van der Waals surface area (Å²) in [4.78, 5) is 11.3. The first-order chi connectivity index (χ1) is 9.08. The third-order valence-electron chi connectivity index (χ3n) is 3.03. The molecule has 19 heavy (non-hydrogen) atoms. The van der Waals surface area contributed by atoms with Crippen LogP contribution < -0.4 is 5.32 Å². The van der Waals surface area contributed by atoms with Gasteiger partial charge in [0.05, 0.1) is 4.92 Å². The van der Waals surface area contributed by atoms with Crippen molar-refractivity contribution in [2.75, 3.05) is 6.54 Å². The Kier molecular flexibility index (Phi) is 6.87. The van der Waals surface area contributed by atoms with E-state index in [1.54, 1.807) is 23.9 Å². The Hall–Kier alpha value is -1.07. The van der Waals surface area contributed by atoms with Crippen LogP contribution in [-0.4, -0.2) is 22.8 Å². The van der Waals surface area contributed by atoms with Crippen molar-refractivity contribution in [2.24, 2.45) is 0 Å². The molecule has 1 aromatic rings. The Morgan fingerprint density at radius 3 is 2.42 bits per heavy atom. The molecule has 5 heteroatoms. The smallest absolute Gasteiger partial charge is 0.269 e. The van der Waals surface area contributed by atoms with Gasteiger partial charge in [0.25, 0.3) is 5.69 Å². The molecule has 1 rings (SSSR count). The van der Waals surface area contributed by atoms with Gasteiger partial charge in [-0.05, 0) is 31.5 Å². The Bertz CT molecular complexity index is 395. The predicted molar refractivity (Wildman–Crippen MR) is 80.8 cm³/mol. The normalized spacial score (nSPS) is 14.1. The summed E-state index contributed by atoms with van der Waals surface area (Å²) in [7, 11) is 0. The molecule has 1 N–H and O–H groups in total. The van der Waals surface area contributed by atoms with Gasteiger partial charge in [0, 0.05) is 28.3 Å². The molecule has 0 aliphatic rings. The first-order valence-electron chi connectivity index (χ1n) is 6.73. The molecule has 106 valence electrons. The minimum absolute atomic E-state index is 0.146. The van der Waals surface area contributed by atoms with E-state index in [2.05, 4.69) is 26.1 Å². The van der Waals surface area contributed by atoms with E-state index in [1.165, 1.54) is 0 Å². The number of nitro groups is 1. The number of thioether (sulfide) groups is 1. The topological polar surface area (TPSA) is 55.2 Å². The van der Waals surface area contributed by atoms with Gasteiger partial charge in [-0.1, -0.05) is 20.8 Å². The van der Waals surface area contributed by atoms with Crippen LogP contribution in [0.3, 0.4) is 0 Å². The van der Waals surface area contributed by atoms with Gasteiger partial charge in [-0.2, -0.15) is 0 Å². The highest BCUT2D eigenvalue weighted by Gasteiger charge is 2.16. The zero-order valence-electron chi connectivity index (χ0n) is 11.8. The molecule has 0 aliphatic heterocycles. The van der Waals surface area contributed by atoms with E-state index in [9.17, 15) is 10.1 Å². The summed E-state index contributed by atoms with van der Waals surface area (Å²) >= 11 is 1.76. The fourth-order valence-corrected chi connectivity index (χ4v) is 3.09. The average Bonchev–Trinajstić information content (AvgIpc) is 2.40. The zero-order chi connectivity index (χ0) is 14.3. The van der Waals surface area contributed by atoms with Gasteiger partial charge in [0.15, 0.2) is 0 Å². The highest BCUT2D eigenvalue weighted by atomic mass is 32.2. The van der Waals surface area contributed by atoms with Crippen molar-refractivity contribution in [1.29, 1.82) is 0 Å². The van der Waals surface area contributed by atoms with E-state index in [0.29, 0.717) is 11.3 Å². The maximum atomic E-state index is 10.6. The van der Waals surface area contributed by atoms with Crippen LogP contribution in [0.1, 0.15) is 33.6 Å². The number of hydrogen-bond donors (Lipinski definition) is 1. The SMILES string of the molecule is CCCNC(CC)C(C)Sc1ccc([N+](=O)[O-])cc1. The fraction of sp³-hybridized carbons (Fsp3) is 0.571. The summed E-state index contributed by atoms with van der Waals surface area (Å²) < 4.78 is 0. The van der Waals surface area contributed by atoms with Crippen LogP contribution in [0.2, 0.25) is 0 Å². The number of hydrogen-bond acceptors (Lipinski definition) is 4. The van der Waals surface area contributed by atoms with E-state index in [1.807, 2.05) is 12.1 Å². The molecular weight excluding hydrogens is 260 g/mol. The van der Waals surface area contributed by atoms with Crippen LogP contribution in [-0.2, 0) is 0 Å². The molecule has 0 spiro atoms. The summed E-state index contributed by atoms with van der Waals surface area (Å²) in [5, 5.41) is 14.6. The van der Waals surface area contributed by atoms with Crippen LogP contribution in [0.5, 0.6) is 0 Å². The first kappa shape index (κ1) is 16.0. The van der Waals surface area contributed by atoms with Gasteiger partial charge in [-0.3, -0.25) is 10.1 Å². The number of nitrogens with zero attached hydrogens (tertiary/aromatic N) is 1. The molecule has 0 amide bonds. The van der Waals surface area contributed by atoms with Crippen molar-refractivity contribution in [3.8, 4) is 0 Å². The molecule has 0 radical (unpaired) electrons. The van der Waals surface area contributed by atoms with Crippen molar-refractivity contribution >= 4 is 17.4 Å². The largest absolute Gasteiger partial charge is 0.313 e. The fourth-order valence-electron chi connectivity index (χ4n) is 1.92. The summed E-state index contributed by atoms with van der Waals surface area (Å²) in [5.41, 5.74) is 0.146. The molecular formula is C14H22N2O2S. The van der Waals surface area contributed by atoms with Crippen LogP contribution in [0, 0.1) is 10.1 Å². The van der Waals surface area contributed by atoms with Gasteiger partial charge in [0.2, 0.25) is 0 Å². The number of nitro benzene ring substituents is 1. The van der Waals surface area contributed by atoms with Gasteiger partial charge in [-0.25, -0.2) is 0 Å². The van der Waals surface area contributed by atoms with E-state index >= 15 is 0 Å². The molecule has 0 heterocycles. The quantitative estimate of drug-likeness (QED) is 0.447. The van der Waals surface area contributed by atoms with Gasteiger partial charge in [-0.15, -0.1) is 11.8 Å². The zero-order valence-corrected chi connectivity index (χ0v) is 12.6. The summed E-state index contributed by atoms with van der Waals surface area (Å²) in [6.45, 7) is 7.57. The lowest BCUT2D eigenvalue weighted by molar-refractivity contribution is -0.384.